The fourth-order valence-electron chi connectivity index (χ4n) is 1.95. The Hall–Kier alpha value is -2.60. The van der Waals surface area contributed by atoms with E-state index in [2.05, 4.69) is 10.4 Å². The molecular weight excluding hydrogens is 244 g/mol. The number of nitrogens with zero attached hydrogens (tertiary/aromatic N) is 2. The van der Waals surface area contributed by atoms with E-state index in [-0.39, 0.29) is 5.76 Å². The van der Waals surface area contributed by atoms with E-state index in [1.807, 2.05) is 24.3 Å². The van der Waals surface area contributed by atoms with Crippen molar-refractivity contribution >= 4 is 16.9 Å². The van der Waals surface area contributed by atoms with Crippen molar-refractivity contribution in [3.8, 4) is 0 Å². The molecule has 0 unspecified atom stereocenters. The number of fused-ring (bicyclic) bond motifs is 1. The first-order chi connectivity index (χ1) is 9.28. The molecule has 0 aliphatic rings. The molecule has 0 spiro atoms. The van der Waals surface area contributed by atoms with Gasteiger partial charge < -0.3 is 9.84 Å². The molecule has 0 saturated carbocycles. The number of benzene rings is 1. The first-order valence-corrected chi connectivity index (χ1v) is 5.78. The van der Waals surface area contributed by atoms with Gasteiger partial charge in [-0.3, -0.25) is 4.57 Å². The minimum absolute atomic E-state index is 0.373. The van der Waals surface area contributed by atoms with Gasteiger partial charge in [-0.1, -0.05) is 18.2 Å². The fourth-order valence-corrected chi connectivity index (χ4v) is 1.95. The van der Waals surface area contributed by atoms with Gasteiger partial charge in [-0.2, -0.15) is 0 Å². The van der Waals surface area contributed by atoms with Gasteiger partial charge in [-0.15, -0.1) is 0 Å². The Morgan fingerprint density at radius 1 is 1.26 bits per heavy atom. The zero-order valence-electron chi connectivity index (χ0n) is 10.0. The topological polar surface area (TPSA) is 86.1 Å². The van der Waals surface area contributed by atoms with Crippen LogP contribution < -0.4 is 17.0 Å². The Kier molecular flexibility index (Phi) is 2.77. The van der Waals surface area contributed by atoms with Crippen LogP contribution in [0.25, 0.3) is 11.1 Å². The molecule has 0 aliphatic carbocycles. The van der Waals surface area contributed by atoms with E-state index < -0.39 is 0 Å². The summed E-state index contributed by atoms with van der Waals surface area (Å²) in [7, 11) is 0. The quantitative estimate of drug-likeness (QED) is 0.545. The summed E-state index contributed by atoms with van der Waals surface area (Å²) in [5.41, 5.74) is 4.71. The molecule has 0 fully saturated rings. The molecule has 3 aromatic rings. The van der Waals surface area contributed by atoms with Gasteiger partial charge >= 0.3 is 5.76 Å². The molecule has 2 heterocycles. The summed E-state index contributed by atoms with van der Waals surface area (Å²) in [6.07, 6.45) is 1.67. The van der Waals surface area contributed by atoms with Gasteiger partial charge in [0.2, 0.25) is 0 Å². The molecule has 3 N–H and O–H groups in total. The highest BCUT2D eigenvalue weighted by molar-refractivity contribution is 5.72. The molecule has 0 atom stereocenters. The van der Waals surface area contributed by atoms with E-state index in [9.17, 15) is 4.79 Å². The Labute approximate surface area is 108 Å². The third kappa shape index (κ3) is 2.09. The van der Waals surface area contributed by atoms with Crippen molar-refractivity contribution in [1.29, 1.82) is 0 Å². The minimum Gasteiger partial charge on any atom is -0.408 e. The normalized spacial score (nSPS) is 10.8. The highest BCUT2D eigenvalue weighted by Gasteiger charge is 2.08. The molecule has 19 heavy (non-hydrogen) atoms. The van der Waals surface area contributed by atoms with Crippen LogP contribution in [0.2, 0.25) is 0 Å². The van der Waals surface area contributed by atoms with Crippen molar-refractivity contribution in [3.63, 3.8) is 0 Å². The van der Waals surface area contributed by atoms with E-state index in [1.54, 1.807) is 22.9 Å². The van der Waals surface area contributed by atoms with Crippen LogP contribution in [0.5, 0.6) is 0 Å². The Morgan fingerprint density at radius 2 is 2.11 bits per heavy atom. The molecule has 0 aliphatic heterocycles. The smallest absolute Gasteiger partial charge is 0.408 e. The second kappa shape index (κ2) is 4.58. The molecule has 0 amide bonds. The molecule has 6 nitrogen and oxygen atoms in total. The number of nitrogen functional groups attached to an aromatic ring is 1. The Balaban J connectivity index is 2.00. The van der Waals surface area contributed by atoms with Crippen LogP contribution in [0, 0.1) is 0 Å². The number of hydrogen-bond donors (Lipinski definition) is 2. The summed E-state index contributed by atoms with van der Waals surface area (Å²) in [6.45, 7) is 0.410. The Morgan fingerprint density at radius 3 is 2.84 bits per heavy atom. The van der Waals surface area contributed by atoms with E-state index in [1.165, 1.54) is 0 Å². The highest BCUT2D eigenvalue weighted by atomic mass is 16.4. The molecule has 96 valence electrons. The number of rotatable bonds is 3. The van der Waals surface area contributed by atoms with Crippen LogP contribution in [0.15, 0.2) is 51.8 Å². The molecule has 2 aromatic heterocycles. The van der Waals surface area contributed by atoms with Gasteiger partial charge in [-0.05, 0) is 23.8 Å². The fraction of sp³-hybridized carbons (Fsp3) is 0.0769. The average Bonchev–Trinajstić information content (AvgIpc) is 2.76. The lowest BCUT2D eigenvalue weighted by molar-refractivity contribution is 0.517. The van der Waals surface area contributed by atoms with E-state index >= 15 is 0 Å². The van der Waals surface area contributed by atoms with E-state index in [4.69, 9.17) is 10.3 Å². The number of pyridine rings is 1. The summed E-state index contributed by atoms with van der Waals surface area (Å²) in [6, 6.07) is 10.9. The van der Waals surface area contributed by atoms with Gasteiger partial charge in [0.15, 0.2) is 5.58 Å². The second-order valence-electron chi connectivity index (χ2n) is 4.12. The first kappa shape index (κ1) is 11.5. The van der Waals surface area contributed by atoms with Crippen molar-refractivity contribution in [2.24, 2.45) is 5.84 Å². The number of nitrogens with two attached hydrogens (primary N) is 1. The van der Waals surface area contributed by atoms with Gasteiger partial charge in [-0.25, -0.2) is 15.6 Å². The standard InChI is InChI=1S/C13H12N4O2/c14-16-12-6-5-9(7-15-12)8-17-10-3-1-2-4-11(10)19-13(17)18/h1-7H,8,14H2,(H,15,16). The van der Waals surface area contributed by atoms with Gasteiger partial charge in [0.25, 0.3) is 0 Å². The monoisotopic (exact) mass is 256 g/mol. The van der Waals surface area contributed by atoms with Crippen LogP contribution >= 0.6 is 0 Å². The van der Waals surface area contributed by atoms with Crippen molar-refractivity contribution in [2.45, 2.75) is 6.54 Å². The number of anilines is 1. The zero-order chi connectivity index (χ0) is 13.2. The number of nitrogens with one attached hydrogen (secondary N) is 1. The summed E-state index contributed by atoms with van der Waals surface area (Å²) in [4.78, 5) is 15.9. The molecule has 3 rings (SSSR count). The van der Waals surface area contributed by atoms with Crippen molar-refractivity contribution < 1.29 is 4.42 Å². The number of oxazole rings is 1. The number of aromatic nitrogens is 2. The molecule has 0 radical (unpaired) electrons. The van der Waals surface area contributed by atoms with Gasteiger partial charge in [0, 0.05) is 6.20 Å². The third-order valence-corrected chi connectivity index (χ3v) is 2.89. The summed E-state index contributed by atoms with van der Waals surface area (Å²) < 4.78 is 6.74. The lowest BCUT2D eigenvalue weighted by Crippen LogP contribution is -2.15. The SMILES string of the molecule is NNc1ccc(Cn2c(=O)oc3ccccc32)cn1. The summed E-state index contributed by atoms with van der Waals surface area (Å²) in [5.74, 6) is 5.46. The lowest BCUT2D eigenvalue weighted by atomic mass is 10.2. The van der Waals surface area contributed by atoms with Crippen LogP contribution in [-0.2, 0) is 6.54 Å². The first-order valence-electron chi connectivity index (χ1n) is 5.78. The molecule has 1 aromatic carbocycles. The van der Waals surface area contributed by atoms with Crippen LogP contribution in [-0.4, -0.2) is 9.55 Å². The van der Waals surface area contributed by atoms with E-state index in [0.29, 0.717) is 17.9 Å². The zero-order valence-corrected chi connectivity index (χ0v) is 10.0. The molecular formula is C13H12N4O2. The average molecular weight is 256 g/mol. The number of para-hydroxylation sites is 2. The maximum Gasteiger partial charge on any atom is 0.420 e. The largest absolute Gasteiger partial charge is 0.420 e. The number of hydrazine groups is 1. The van der Waals surface area contributed by atoms with Crippen molar-refractivity contribution in [2.75, 3.05) is 5.43 Å². The minimum atomic E-state index is -0.373. The van der Waals surface area contributed by atoms with Crippen molar-refractivity contribution in [1.82, 2.24) is 9.55 Å². The summed E-state index contributed by atoms with van der Waals surface area (Å²) in [5, 5.41) is 0. The molecule has 0 saturated heterocycles. The lowest BCUT2D eigenvalue weighted by Gasteiger charge is -2.03. The Bertz CT molecular complexity index is 758. The van der Waals surface area contributed by atoms with Gasteiger partial charge in [0.1, 0.15) is 5.82 Å². The van der Waals surface area contributed by atoms with E-state index in [0.717, 1.165) is 11.1 Å². The summed E-state index contributed by atoms with van der Waals surface area (Å²) >= 11 is 0. The molecule has 0 bridgehead atoms. The maximum atomic E-state index is 11.8. The predicted octanol–water partition coefficient (Wildman–Crippen LogP) is 1.32. The maximum absolute atomic E-state index is 11.8. The van der Waals surface area contributed by atoms with Crippen molar-refractivity contribution in [3.05, 3.63) is 58.7 Å². The predicted molar refractivity (Wildman–Crippen MR) is 71.6 cm³/mol. The third-order valence-electron chi connectivity index (χ3n) is 2.89. The van der Waals surface area contributed by atoms with Crippen LogP contribution in [0.3, 0.4) is 0 Å². The van der Waals surface area contributed by atoms with Crippen LogP contribution in [0.1, 0.15) is 5.56 Å². The second-order valence-corrected chi connectivity index (χ2v) is 4.12. The van der Waals surface area contributed by atoms with Crippen LogP contribution in [0.4, 0.5) is 5.82 Å². The highest BCUT2D eigenvalue weighted by Crippen LogP contribution is 2.13. The number of hydrogen-bond acceptors (Lipinski definition) is 5. The molecule has 6 heteroatoms. The van der Waals surface area contributed by atoms with Gasteiger partial charge in [0.05, 0.1) is 12.1 Å².